The van der Waals surface area contributed by atoms with Crippen molar-refractivity contribution < 1.29 is 0 Å². The molecule has 5 heteroatoms. The van der Waals surface area contributed by atoms with E-state index in [2.05, 4.69) is 30.9 Å². The van der Waals surface area contributed by atoms with Gasteiger partial charge in [0.15, 0.2) is 0 Å². The van der Waals surface area contributed by atoms with Gasteiger partial charge in [0, 0.05) is 16.9 Å². The maximum absolute atomic E-state index is 8.50. The minimum atomic E-state index is 0.178. The van der Waals surface area contributed by atoms with E-state index in [9.17, 15) is 0 Å². The number of hydrogen-bond donors (Lipinski definition) is 1. The second kappa shape index (κ2) is 2.57. The van der Waals surface area contributed by atoms with Gasteiger partial charge in [0.05, 0.1) is 5.39 Å². The number of nitrogens with zero attached hydrogens (tertiary/aromatic N) is 3. The summed E-state index contributed by atoms with van der Waals surface area (Å²) in [5.41, 5.74) is 0.674. The van der Waals surface area contributed by atoms with Gasteiger partial charge >= 0.3 is 0 Å². The molecule has 0 atom stereocenters. The molecule has 0 aliphatic carbocycles. The van der Waals surface area contributed by atoms with Crippen LogP contribution in [0.15, 0.2) is 16.9 Å². The Morgan fingerprint density at radius 1 is 1.58 bits per heavy atom. The lowest BCUT2D eigenvalue weighted by atomic mass is 10.4. The molecule has 2 rings (SSSR count). The van der Waals surface area contributed by atoms with Crippen molar-refractivity contribution in [3.05, 3.63) is 22.7 Å². The number of halogens is 1. The van der Waals surface area contributed by atoms with Crippen LogP contribution in [-0.4, -0.2) is 15.0 Å². The first-order chi connectivity index (χ1) is 5.81. The van der Waals surface area contributed by atoms with Crippen molar-refractivity contribution in [1.29, 1.82) is 5.26 Å². The van der Waals surface area contributed by atoms with E-state index in [1.165, 1.54) is 0 Å². The maximum atomic E-state index is 8.50. The smallest absolute Gasteiger partial charge is 0.234 e. The normalized spacial score (nSPS) is 10.0. The Balaban J connectivity index is 2.80. The third-order valence-electron chi connectivity index (χ3n) is 1.48. The monoisotopic (exact) mass is 222 g/mol. The molecule has 0 radical (unpaired) electrons. The van der Waals surface area contributed by atoms with Gasteiger partial charge in [-0.1, -0.05) is 0 Å². The molecule has 0 aromatic carbocycles. The zero-order valence-electron chi connectivity index (χ0n) is 5.87. The second-order valence-electron chi connectivity index (χ2n) is 2.20. The Morgan fingerprint density at radius 2 is 2.42 bits per heavy atom. The van der Waals surface area contributed by atoms with E-state index in [4.69, 9.17) is 5.26 Å². The van der Waals surface area contributed by atoms with Crippen molar-refractivity contribution in [2.24, 2.45) is 0 Å². The summed E-state index contributed by atoms with van der Waals surface area (Å²) in [6.45, 7) is 0. The first kappa shape index (κ1) is 7.25. The average molecular weight is 223 g/mol. The van der Waals surface area contributed by atoms with Crippen LogP contribution >= 0.6 is 15.9 Å². The number of nitrogens with one attached hydrogen (secondary N) is 1. The van der Waals surface area contributed by atoms with E-state index in [-0.39, 0.29) is 5.82 Å². The van der Waals surface area contributed by atoms with E-state index in [1.54, 1.807) is 12.4 Å². The number of rotatable bonds is 0. The molecular formula is C7H3BrN4. The number of fused-ring (bicyclic) bond motifs is 1. The SMILES string of the molecule is N#Cc1ncc2c(Br)c[nH]c2n1. The van der Waals surface area contributed by atoms with Crippen molar-refractivity contribution in [3.8, 4) is 6.07 Å². The highest BCUT2D eigenvalue weighted by molar-refractivity contribution is 9.10. The quantitative estimate of drug-likeness (QED) is 0.737. The van der Waals surface area contributed by atoms with Crippen molar-refractivity contribution in [3.63, 3.8) is 0 Å². The number of nitriles is 1. The van der Waals surface area contributed by atoms with Gasteiger partial charge in [-0.2, -0.15) is 5.26 Å². The van der Waals surface area contributed by atoms with Gasteiger partial charge in [0.2, 0.25) is 5.82 Å². The summed E-state index contributed by atoms with van der Waals surface area (Å²) in [6.07, 6.45) is 3.38. The van der Waals surface area contributed by atoms with E-state index in [0.29, 0.717) is 5.65 Å². The van der Waals surface area contributed by atoms with Crippen LogP contribution in [0.2, 0.25) is 0 Å². The number of aromatic nitrogens is 3. The van der Waals surface area contributed by atoms with Gasteiger partial charge < -0.3 is 4.98 Å². The Morgan fingerprint density at radius 3 is 3.17 bits per heavy atom. The molecule has 0 aliphatic heterocycles. The molecule has 0 bridgehead atoms. The van der Waals surface area contributed by atoms with E-state index in [0.717, 1.165) is 9.86 Å². The fraction of sp³-hybridized carbons (Fsp3) is 0. The Labute approximate surface area is 76.4 Å². The minimum absolute atomic E-state index is 0.178. The fourth-order valence-corrected chi connectivity index (χ4v) is 1.33. The first-order valence-corrected chi connectivity index (χ1v) is 4.00. The molecule has 0 saturated carbocycles. The molecular weight excluding hydrogens is 220 g/mol. The Hall–Kier alpha value is -1.41. The molecule has 2 aromatic heterocycles. The summed E-state index contributed by atoms with van der Waals surface area (Å²) in [5, 5.41) is 9.39. The molecule has 0 aliphatic rings. The summed E-state index contributed by atoms with van der Waals surface area (Å²) in [4.78, 5) is 10.7. The Bertz CT molecular complexity index is 468. The van der Waals surface area contributed by atoms with Crippen LogP contribution in [-0.2, 0) is 0 Å². The zero-order valence-corrected chi connectivity index (χ0v) is 7.46. The fourth-order valence-electron chi connectivity index (χ4n) is 0.930. The van der Waals surface area contributed by atoms with Crippen LogP contribution in [0.5, 0.6) is 0 Å². The molecule has 0 spiro atoms. The summed E-state index contributed by atoms with van der Waals surface area (Å²) in [7, 11) is 0. The third-order valence-corrected chi connectivity index (χ3v) is 2.14. The molecule has 2 aromatic rings. The van der Waals surface area contributed by atoms with Crippen LogP contribution < -0.4 is 0 Å². The molecule has 0 saturated heterocycles. The molecule has 0 unspecified atom stereocenters. The largest absolute Gasteiger partial charge is 0.345 e. The first-order valence-electron chi connectivity index (χ1n) is 3.21. The maximum Gasteiger partial charge on any atom is 0.234 e. The summed E-state index contributed by atoms with van der Waals surface area (Å²) < 4.78 is 0.905. The predicted molar refractivity (Wildman–Crippen MR) is 46.3 cm³/mol. The zero-order chi connectivity index (χ0) is 8.55. The number of aromatic amines is 1. The molecule has 58 valence electrons. The second-order valence-corrected chi connectivity index (χ2v) is 3.06. The van der Waals surface area contributed by atoms with Gasteiger partial charge in [0.1, 0.15) is 11.7 Å². The average Bonchev–Trinajstić information content (AvgIpc) is 2.47. The van der Waals surface area contributed by atoms with Crippen LogP contribution in [0.1, 0.15) is 5.82 Å². The summed E-state index contributed by atoms with van der Waals surface area (Å²) >= 11 is 3.32. The highest BCUT2D eigenvalue weighted by Crippen LogP contribution is 2.20. The lowest BCUT2D eigenvalue weighted by Crippen LogP contribution is -1.87. The minimum Gasteiger partial charge on any atom is -0.345 e. The van der Waals surface area contributed by atoms with E-state index in [1.807, 2.05) is 6.07 Å². The van der Waals surface area contributed by atoms with Gasteiger partial charge in [-0.3, -0.25) is 0 Å². The predicted octanol–water partition coefficient (Wildman–Crippen LogP) is 1.59. The molecule has 2 heterocycles. The van der Waals surface area contributed by atoms with Crippen LogP contribution in [0.4, 0.5) is 0 Å². The van der Waals surface area contributed by atoms with Crippen LogP contribution in [0, 0.1) is 11.3 Å². The van der Waals surface area contributed by atoms with E-state index >= 15 is 0 Å². The number of hydrogen-bond acceptors (Lipinski definition) is 3. The molecule has 12 heavy (non-hydrogen) atoms. The van der Waals surface area contributed by atoms with Crippen molar-refractivity contribution in [1.82, 2.24) is 15.0 Å². The standard InChI is InChI=1S/C7H3BrN4/c8-5-3-11-7-4(5)2-10-6(1-9)12-7/h2-3H,(H,10,11,12). The van der Waals surface area contributed by atoms with Gasteiger partial charge in [-0.15, -0.1) is 0 Å². The topological polar surface area (TPSA) is 65.4 Å². The van der Waals surface area contributed by atoms with Crippen molar-refractivity contribution in [2.75, 3.05) is 0 Å². The van der Waals surface area contributed by atoms with Gasteiger partial charge in [-0.25, -0.2) is 9.97 Å². The van der Waals surface area contributed by atoms with E-state index < -0.39 is 0 Å². The lowest BCUT2D eigenvalue weighted by Gasteiger charge is -1.88. The van der Waals surface area contributed by atoms with Crippen molar-refractivity contribution >= 4 is 27.0 Å². The molecule has 0 fully saturated rings. The highest BCUT2D eigenvalue weighted by atomic mass is 79.9. The lowest BCUT2D eigenvalue weighted by molar-refractivity contribution is 1.14. The van der Waals surface area contributed by atoms with Gasteiger partial charge in [-0.05, 0) is 15.9 Å². The Kier molecular flexibility index (Phi) is 1.55. The number of H-pyrrole nitrogens is 1. The van der Waals surface area contributed by atoms with Crippen LogP contribution in [0.3, 0.4) is 0 Å². The van der Waals surface area contributed by atoms with Crippen LogP contribution in [0.25, 0.3) is 11.0 Å². The third kappa shape index (κ3) is 0.970. The summed E-state index contributed by atoms with van der Waals surface area (Å²) in [6, 6.07) is 1.87. The molecule has 1 N–H and O–H groups in total. The summed E-state index contributed by atoms with van der Waals surface area (Å²) in [5.74, 6) is 0.178. The van der Waals surface area contributed by atoms with Crippen molar-refractivity contribution in [2.45, 2.75) is 0 Å². The molecule has 0 amide bonds. The van der Waals surface area contributed by atoms with Gasteiger partial charge in [0.25, 0.3) is 0 Å². The molecule has 4 nitrogen and oxygen atoms in total. The highest BCUT2D eigenvalue weighted by Gasteiger charge is 2.03.